The lowest BCUT2D eigenvalue weighted by Crippen LogP contribution is -2.16. The molecule has 0 bridgehead atoms. The van der Waals surface area contributed by atoms with Crippen LogP contribution in [0.4, 0.5) is 21.5 Å². The van der Waals surface area contributed by atoms with Gasteiger partial charge in [-0.15, -0.1) is 0 Å². The van der Waals surface area contributed by atoms with E-state index in [1.165, 1.54) is 19.2 Å². The number of ether oxygens (including phenoxy) is 1. The zero-order chi connectivity index (χ0) is 14.7. The van der Waals surface area contributed by atoms with E-state index < -0.39 is 5.97 Å². The third-order valence-electron chi connectivity index (χ3n) is 3.02. The number of hydrogen-bond acceptors (Lipinski definition) is 4. The summed E-state index contributed by atoms with van der Waals surface area (Å²) in [4.78, 5) is 13.5. The molecule has 0 radical (unpaired) electrons. The average molecular weight is 274 g/mol. The normalized spacial score (nSPS) is 10.2. The van der Waals surface area contributed by atoms with E-state index in [2.05, 4.69) is 0 Å². The maximum atomic E-state index is 13.0. The predicted molar refractivity (Wildman–Crippen MR) is 76.7 cm³/mol. The number of hydrogen-bond donors (Lipinski definition) is 1. The highest BCUT2D eigenvalue weighted by Gasteiger charge is 2.18. The van der Waals surface area contributed by atoms with Gasteiger partial charge in [0, 0.05) is 12.7 Å². The Labute approximate surface area is 116 Å². The number of nitrogens with zero attached hydrogens (tertiary/aromatic N) is 1. The number of esters is 1. The highest BCUT2D eigenvalue weighted by molar-refractivity contribution is 6.00. The van der Waals surface area contributed by atoms with E-state index in [-0.39, 0.29) is 5.82 Å². The average Bonchev–Trinajstić information content (AvgIpc) is 2.46. The first-order valence-corrected chi connectivity index (χ1v) is 6.00. The Morgan fingerprint density at radius 3 is 2.45 bits per heavy atom. The van der Waals surface area contributed by atoms with Crippen molar-refractivity contribution in [1.29, 1.82) is 0 Å². The van der Waals surface area contributed by atoms with Gasteiger partial charge in [0.05, 0.1) is 24.0 Å². The van der Waals surface area contributed by atoms with Gasteiger partial charge in [-0.25, -0.2) is 9.18 Å². The Hall–Kier alpha value is -2.56. The summed E-state index contributed by atoms with van der Waals surface area (Å²) in [5, 5.41) is 0. The Morgan fingerprint density at radius 2 is 1.85 bits per heavy atom. The highest BCUT2D eigenvalue weighted by Crippen LogP contribution is 2.32. The van der Waals surface area contributed by atoms with Crippen LogP contribution in [0.5, 0.6) is 0 Å². The number of anilines is 3. The number of carbonyl (C=O) groups is 1. The second-order valence-electron chi connectivity index (χ2n) is 4.27. The lowest BCUT2D eigenvalue weighted by molar-refractivity contribution is 0.0601. The summed E-state index contributed by atoms with van der Waals surface area (Å²) in [6.45, 7) is 0. The monoisotopic (exact) mass is 274 g/mol. The molecule has 0 aromatic heterocycles. The molecule has 0 unspecified atom stereocenters. The van der Waals surface area contributed by atoms with E-state index in [9.17, 15) is 9.18 Å². The Morgan fingerprint density at radius 1 is 1.20 bits per heavy atom. The van der Waals surface area contributed by atoms with E-state index >= 15 is 0 Å². The second kappa shape index (κ2) is 5.61. The van der Waals surface area contributed by atoms with Crippen LogP contribution in [-0.4, -0.2) is 20.1 Å². The fraction of sp³-hybridized carbons (Fsp3) is 0.133. The molecule has 2 aromatic carbocycles. The molecule has 0 atom stereocenters. The van der Waals surface area contributed by atoms with Crippen LogP contribution in [0.25, 0.3) is 0 Å². The van der Waals surface area contributed by atoms with Crippen LogP contribution in [0.2, 0.25) is 0 Å². The predicted octanol–water partition coefficient (Wildman–Crippen LogP) is 2.96. The van der Waals surface area contributed by atoms with Gasteiger partial charge in [0.2, 0.25) is 0 Å². The van der Waals surface area contributed by atoms with Crippen LogP contribution in [0, 0.1) is 5.82 Å². The SMILES string of the molecule is COC(=O)c1cccc(N)c1N(C)c1ccc(F)cc1. The third kappa shape index (κ3) is 2.56. The number of nitrogen functional groups attached to an aromatic ring is 1. The van der Waals surface area contributed by atoms with Crippen LogP contribution < -0.4 is 10.6 Å². The molecule has 5 heteroatoms. The minimum atomic E-state index is -0.471. The van der Waals surface area contributed by atoms with Gasteiger partial charge < -0.3 is 15.4 Å². The van der Waals surface area contributed by atoms with Crippen molar-refractivity contribution >= 4 is 23.0 Å². The molecular weight excluding hydrogens is 259 g/mol. The van der Waals surface area contributed by atoms with Gasteiger partial charge in [-0.1, -0.05) is 6.07 Å². The summed E-state index contributed by atoms with van der Waals surface area (Å²) >= 11 is 0. The van der Waals surface area contributed by atoms with Gasteiger partial charge in [0.1, 0.15) is 5.82 Å². The largest absolute Gasteiger partial charge is 0.465 e. The molecule has 0 saturated heterocycles. The minimum absolute atomic E-state index is 0.323. The van der Waals surface area contributed by atoms with E-state index in [0.29, 0.717) is 16.9 Å². The van der Waals surface area contributed by atoms with Gasteiger partial charge in [0.15, 0.2) is 0 Å². The van der Waals surface area contributed by atoms with Crippen molar-refractivity contribution in [2.75, 3.05) is 24.8 Å². The van der Waals surface area contributed by atoms with Crippen molar-refractivity contribution in [2.24, 2.45) is 0 Å². The molecule has 0 heterocycles. The Bertz CT molecular complexity index is 626. The summed E-state index contributed by atoms with van der Waals surface area (Å²) in [6.07, 6.45) is 0. The lowest BCUT2D eigenvalue weighted by Gasteiger charge is -2.23. The number of methoxy groups -OCH3 is 1. The maximum absolute atomic E-state index is 13.0. The van der Waals surface area contributed by atoms with E-state index in [0.717, 1.165) is 5.69 Å². The van der Waals surface area contributed by atoms with Crippen LogP contribution in [0.15, 0.2) is 42.5 Å². The molecule has 0 aliphatic carbocycles. The van der Waals surface area contributed by atoms with Crippen molar-refractivity contribution in [3.8, 4) is 0 Å². The standard InChI is InChI=1S/C15H15FN2O2/c1-18(11-8-6-10(16)7-9-11)14-12(15(19)20-2)4-3-5-13(14)17/h3-9H,17H2,1-2H3. The zero-order valence-corrected chi connectivity index (χ0v) is 11.3. The summed E-state index contributed by atoms with van der Waals surface area (Å²) in [6, 6.07) is 10.9. The first-order valence-electron chi connectivity index (χ1n) is 6.00. The molecule has 4 nitrogen and oxygen atoms in total. The summed E-state index contributed by atoms with van der Waals surface area (Å²) in [7, 11) is 3.07. The maximum Gasteiger partial charge on any atom is 0.340 e. The molecule has 2 N–H and O–H groups in total. The lowest BCUT2D eigenvalue weighted by atomic mass is 10.1. The van der Waals surface area contributed by atoms with Gasteiger partial charge >= 0.3 is 5.97 Å². The van der Waals surface area contributed by atoms with Crippen molar-refractivity contribution in [3.05, 3.63) is 53.8 Å². The van der Waals surface area contributed by atoms with Crippen molar-refractivity contribution in [3.63, 3.8) is 0 Å². The molecule has 0 amide bonds. The fourth-order valence-corrected chi connectivity index (χ4v) is 2.00. The quantitative estimate of drug-likeness (QED) is 0.690. The molecule has 0 spiro atoms. The molecular formula is C15H15FN2O2. The van der Waals surface area contributed by atoms with Crippen molar-refractivity contribution < 1.29 is 13.9 Å². The molecule has 104 valence electrons. The zero-order valence-electron chi connectivity index (χ0n) is 11.3. The van der Waals surface area contributed by atoms with E-state index in [4.69, 9.17) is 10.5 Å². The molecule has 0 aliphatic heterocycles. The molecule has 0 aliphatic rings. The summed E-state index contributed by atoms with van der Waals surface area (Å²) in [5.74, 6) is -0.794. The fourth-order valence-electron chi connectivity index (χ4n) is 2.00. The van der Waals surface area contributed by atoms with E-state index in [1.807, 2.05) is 0 Å². The molecule has 2 rings (SSSR count). The number of benzene rings is 2. The van der Waals surface area contributed by atoms with Crippen molar-refractivity contribution in [2.45, 2.75) is 0 Å². The molecule has 0 saturated carbocycles. The van der Waals surface area contributed by atoms with Crippen LogP contribution in [-0.2, 0) is 4.74 Å². The number of rotatable bonds is 3. The van der Waals surface area contributed by atoms with Gasteiger partial charge in [-0.3, -0.25) is 0 Å². The first kappa shape index (κ1) is 13.9. The topological polar surface area (TPSA) is 55.6 Å². The smallest absolute Gasteiger partial charge is 0.340 e. The second-order valence-corrected chi connectivity index (χ2v) is 4.27. The summed E-state index contributed by atoms with van der Waals surface area (Å²) in [5.41, 5.74) is 8.01. The minimum Gasteiger partial charge on any atom is -0.465 e. The van der Waals surface area contributed by atoms with Gasteiger partial charge in [-0.2, -0.15) is 0 Å². The number of halogens is 1. The number of para-hydroxylation sites is 1. The number of nitrogens with two attached hydrogens (primary N) is 1. The van der Waals surface area contributed by atoms with Crippen LogP contribution in [0.1, 0.15) is 10.4 Å². The third-order valence-corrected chi connectivity index (χ3v) is 3.02. The molecule has 0 fully saturated rings. The molecule has 20 heavy (non-hydrogen) atoms. The van der Waals surface area contributed by atoms with Gasteiger partial charge in [0.25, 0.3) is 0 Å². The van der Waals surface area contributed by atoms with Crippen LogP contribution >= 0.6 is 0 Å². The van der Waals surface area contributed by atoms with Gasteiger partial charge in [-0.05, 0) is 36.4 Å². The highest BCUT2D eigenvalue weighted by atomic mass is 19.1. The Kier molecular flexibility index (Phi) is 3.89. The van der Waals surface area contributed by atoms with Crippen LogP contribution in [0.3, 0.4) is 0 Å². The molecule has 2 aromatic rings. The Balaban J connectivity index is 2.51. The number of carbonyl (C=O) groups excluding carboxylic acids is 1. The van der Waals surface area contributed by atoms with Crippen molar-refractivity contribution in [1.82, 2.24) is 0 Å². The van der Waals surface area contributed by atoms with E-state index in [1.54, 1.807) is 42.3 Å². The summed E-state index contributed by atoms with van der Waals surface area (Å²) < 4.78 is 17.7. The first-order chi connectivity index (χ1) is 9.54.